The normalized spacial score (nSPS) is 21.8. The molecule has 1 aromatic rings. The predicted molar refractivity (Wildman–Crippen MR) is 76.2 cm³/mol. The van der Waals surface area contributed by atoms with Crippen molar-refractivity contribution >= 4 is 11.6 Å². The Morgan fingerprint density at radius 3 is 3.00 bits per heavy atom. The topological polar surface area (TPSA) is 21.3 Å². The monoisotopic (exact) mass is 267 g/mol. The van der Waals surface area contributed by atoms with E-state index >= 15 is 0 Å². The summed E-state index contributed by atoms with van der Waals surface area (Å²) in [6.45, 7) is 5.11. The highest BCUT2D eigenvalue weighted by Gasteiger charge is 2.14. The molecule has 2 nitrogen and oxygen atoms in total. The fraction of sp³-hybridized carbons (Fsp3) is 0.600. The van der Waals surface area contributed by atoms with Gasteiger partial charge in [0.1, 0.15) is 0 Å². The molecule has 0 radical (unpaired) electrons. The number of benzene rings is 1. The largest absolute Gasteiger partial charge is 0.381 e. The molecule has 1 aromatic carbocycles. The van der Waals surface area contributed by atoms with Crippen LogP contribution in [0.1, 0.15) is 25.3 Å². The molecule has 1 aliphatic rings. The Bertz CT molecular complexity index is 363. The molecule has 0 spiro atoms. The predicted octanol–water partition coefficient (Wildman–Crippen LogP) is 3.29. The fourth-order valence-corrected chi connectivity index (χ4v) is 2.62. The second-order valence-corrected chi connectivity index (χ2v) is 5.60. The molecule has 3 heteroatoms. The van der Waals surface area contributed by atoms with E-state index < -0.39 is 0 Å². The van der Waals surface area contributed by atoms with E-state index in [1.807, 2.05) is 18.2 Å². The lowest BCUT2D eigenvalue weighted by Gasteiger charge is -2.24. The van der Waals surface area contributed by atoms with Crippen LogP contribution in [0.3, 0.4) is 0 Å². The average molecular weight is 268 g/mol. The van der Waals surface area contributed by atoms with Gasteiger partial charge in [0.2, 0.25) is 0 Å². The lowest BCUT2D eigenvalue weighted by Crippen LogP contribution is -2.35. The molecule has 0 bridgehead atoms. The molecular formula is C15H22ClNO. The molecule has 0 saturated carbocycles. The van der Waals surface area contributed by atoms with Gasteiger partial charge in [0.25, 0.3) is 0 Å². The summed E-state index contributed by atoms with van der Waals surface area (Å²) in [6.07, 6.45) is 3.46. The summed E-state index contributed by atoms with van der Waals surface area (Å²) < 4.78 is 5.49. The van der Waals surface area contributed by atoms with Crippen molar-refractivity contribution in [3.05, 3.63) is 34.9 Å². The molecule has 1 N–H and O–H groups in total. The first kappa shape index (κ1) is 13.9. The molecule has 0 aliphatic carbocycles. The molecule has 2 unspecified atom stereocenters. The lowest BCUT2D eigenvalue weighted by atomic mass is 10.0. The highest BCUT2D eigenvalue weighted by atomic mass is 35.5. The quantitative estimate of drug-likeness (QED) is 0.884. The van der Waals surface area contributed by atoms with Crippen molar-refractivity contribution in [1.82, 2.24) is 5.32 Å². The van der Waals surface area contributed by atoms with Crippen molar-refractivity contribution in [3.63, 3.8) is 0 Å². The van der Waals surface area contributed by atoms with Crippen LogP contribution in [-0.4, -0.2) is 25.8 Å². The van der Waals surface area contributed by atoms with Gasteiger partial charge in [0, 0.05) is 24.2 Å². The number of rotatable bonds is 5. The van der Waals surface area contributed by atoms with Crippen LogP contribution in [0.4, 0.5) is 0 Å². The van der Waals surface area contributed by atoms with E-state index in [1.54, 1.807) is 0 Å². The van der Waals surface area contributed by atoms with Gasteiger partial charge in [-0.1, -0.05) is 29.8 Å². The summed E-state index contributed by atoms with van der Waals surface area (Å²) in [4.78, 5) is 0. The first-order valence-corrected chi connectivity index (χ1v) is 7.18. The molecule has 2 rings (SSSR count). The molecule has 1 fully saturated rings. The Labute approximate surface area is 115 Å². The SMILES string of the molecule is CC(Cc1ccccc1Cl)NCC1CCCOC1. The molecule has 2 atom stereocenters. The molecule has 100 valence electrons. The first-order valence-electron chi connectivity index (χ1n) is 6.80. The van der Waals surface area contributed by atoms with Gasteiger partial charge in [-0.25, -0.2) is 0 Å². The molecular weight excluding hydrogens is 246 g/mol. The van der Waals surface area contributed by atoms with Crippen molar-refractivity contribution in [1.29, 1.82) is 0 Å². The van der Waals surface area contributed by atoms with Crippen LogP contribution in [0.5, 0.6) is 0 Å². The summed E-state index contributed by atoms with van der Waals surface area (Å²) >= 11 is 6.17. The maximum Gasteiger partial charge on any atom is 0.0506 e. The van der Waals surface area contributed by atoms with Crippen LogP contribution in [-0.2, 0) is 11.2 Å². The van der Waals surface area contributed by atoms with Gasteiger partial charge in [-0.3, -0.25) is 0 Å². The minimum absolute atomic E-state index is 0.451. The molecule has 1 heterocycles. The smallest absolute Gasteiger partial charge is 0.0506 e. The minimum atomic E-state index is 0.451. The van der Waals surface area contributed by atoms with Gasteiger partial charge in [-0.2, -0.15) is 0 Å². The Morgan fingerprint density at radius 2 is 2.28 bits per heavy atom. The fourth-order valence-electron chi connectivity index (χ4n) is 2.40. The van der Waals surface area contributed by atoms with Crippen LogP contribution in [0.2, 0.25) is 5.02 Å². The number of hydrogen-bond acceptors (Lipinski definition) is 2. The Balaban J connectivity index is 1.74. The number of ether oxygens (including phenoxy) is 1. The van der Waals surface area contributed by atoms with Gasteiger partial charge in [-0.05, 0) is 43.7 Å². The van der Waals surface area contributed by atoms with Gasteiger partial charge in [-0.15, -0.1) is 0 Å². The van der Waals surface area contributed by atoms with Crippen molar-refractivity contribution in [3.8, 4) is 0 Å². The zero-order valence-electron chi connectivity index (χ0n) is 11.0. The van der Waals surface area contributed by atoms with E-state index in [0.29, 0.717) is 12.0 Å². The van der Waals surface area contributed by atoms with Crippen LogP contribution >= 0.6 is 11.6 Å². The van der Waals surface area contributed by atoms with Crippen LogP contribution in [0, 0.1) is 5.92 Å². The third-order valence-corrected chi connectivity index (χ3v) is 3.86. The van der Waals surface area contributed by atoms with Crippen molar-refractivity contribution in [2.24, 2.45) is 5.92 Å². The van der Waals surface area contributed by atoms with Gasteiger partial charge in [0.15, 0.2) is 0 Å². The zero-order valence-corrected chi connectivity index (χ0v) is 11.7. The van der Waals surface area contributed by atoms with E-state index in [-0.39, 0.29) is 0 Å². The maximum atomic E-state index is 6.17. The summed E-state index contributed by atoms with van der Waals surface area (Å²) in [5.41, 5.74) is 1.22. The molecule has 1 saturated heterocycles. The minimum Gasteiger partial charge on any atom is -0.381 e. The second-order valence-electron chi connectivity index (χ2n) is 5.19. The molecule has 0 aromatic heterocycles. The Morgan fingerprint density at radius 1 is 1.44 bits per heavy atom. The second kappa shape index (κ2) is 7.13. The van der Waals surface area contributed by atoms with Gasteiger partial charge >= 0.3 is 0 Å². The molecule has 0 amide bonds. The van der Waals surface area contributed by atoms with Crippen LogP contribution < -0.4 is 5.32 Å². The number of halogens is 1. The average Bonchev–Trinajstić information content (AvgIpc) is 2.40. The third kappa shape index (κ3) is 4.27. The van der Waals surface area contributed by atoms with Crippen LogP contribution in [0.15, 0.2) is 24.3 Å². The van der Waals surface area contributed by atoms with E-state index in [4.69, 9.17) is 16.3 Å². The summed E-state index contributed by atoms with van der Waals surface area (Å²) in [6, 6.07) is 8.53. The summed E-state index contributed by atoms with van der Waals surface area (Å²) in [5, 5.41) is 4.46. The molecule has 18 heavy (non-hydrogen) atoms. The van der Waals surface area contributed by atoms with Crippen LogP contribution in [0.25, 0.3) is 0 Å². The standard InChI is InChI=1S/C15H22ClNO/c1-12(9-14-6-2-3-7-15(14)16)17-10-13-5-4-8-18-11-13/h2-3,6-7,12-13,17H,4-5,8-11H2,1H3. The zero-order chi connectivity index (χ0) is 12.8. The van der Waals surface area contributed by atoms with Crippen molar-refractivity contribution in [2.75, 3.05) is 19.8 Å². The van der Waals surface area contributed by atoms with Gasteiger partial charge in [0.05, 0.1) is 6.61 Å². The Hall–Kier alpha value is -0.570. The van der Waals surface area contributed by atoms with E-state index in [0.717, 1.165) is 31.2 Å². The van der Waals surface area contributed by atoms with Crippen molar-refractivity contribution < 1.29 is 4.74 Å². The third-order valence-electron chi connectivity index (χ3n) is 3.49. The maximum absolute atomic E-state index is 6.17. The van der Waals surface area contributed by atoms with E-state index in [2.05, 4.69) is 18.3 Å². The van der Waals surface area contributed by atoms with Gasteiger partial charge < -0.3 is 10.1 Å². The highest BCUT2D eigenvalue weighted by molar-refractivity contribution is 6.31. The van der Waals surface area contributed by atoms with Crippen molar-refractivity contribution in [2.45, 2.75) is 32.2 Å². The Kier molecular flexibility index (Phi) is 5.48. The first-order chi connectivity index (χ1) is 8.75. The number of nitrogens with one attached hydrogen (secondary N) is 1. The lowest BCUT2D eigenvalue weighted by molar-refractivity contribution is 0.0540. The van der Waals surface area contributed by atoms with E-state index in [9.17, 15) is 0 Å². The summed E-state index contributed by atoms with van der Waals surface area (Å²) in [7, 11) is 0. The summed E-state index contributed by atoms with van der Waals surface area (Å²) in [5.74, 6) is 0.674. The highest BCUT2D eigenvalue weighted by Crippen LogP contribution is 2.17. The van der Waals surface area contributed by atoms with E-state index in [1.165, 1.54) is 18.4 Å². The molecule has 1 aliphatic heterocycles. The number of hydrogen-bond donors (Lipinski definition) is 1.